The molecule has 0 bridgehead atoms. The molecule has 1 saturated heterocycles. The molecule has 0 saturated carbocycles. The third-order valence-electron chi connectivity index (χ3n) is 2.76. The van der Waals surface area contributed by atoms with Crippen LogP contribution in [-0.4, -0.2) is 34.8 Å². The summed E-state index contributed by atoms with van der Waals surface area (Å²) in [5, 5.41) is 1.63. The lowest BCUT2D eigenvalue weighted by Crippen LogP contribution is -2.31. The molecule has 0 atom stereocenters. The number of rotatable bonds is 2. The highest BCUT2D eigenvalue weighted by molar-refractivity contribution is 6.21. The van der Waals surface area contributed by atoms with Gasteiger partial charge in [0.05, 0.1) is 0 Å². The predicted molar refractivity (Wildman–Crippen MR) is 58.6 cm³/mol. The van der Waals surface area contributed by atoms with E-state index in [-0.39, 0.29) is 0 Å². The molecule has 0 radical (unpaired) electrons. The average molecular weight is 183 g/mol. The zero-order chi connectivity index (χ0) is 8.97. The van der Waals surface area contributed by atoms with Crippen LogP contribution in [0.4, 0.5) is 0 Å². The monoisotopic (exact) mass is 183 g/mol. The van der Waals surface area contributed by atoms with E-state index in [1.54, 1.807) is 10.8 Å². The Kier molecular flexibility index (Phi) is 4.02. The average Bonchev–Trinajstić information content (AvgIpc) is 2.06. The molecule has 12 heavy (non-hydrogen) atoms. The van der Waals surface area contributed by atoms with Crippen LogP contribution in [0.1, 0.15) is 33.1 Å². The quantitative estimate of drug-likeness (QED) is 0.580. The highest BCUT2D eigenvalue weighted by atomic mass is 28.1. The second-order valence-electron chi connectivity index (χ2n) is 4.12. The van der Waals surface area contributed by atoms with Gasteiger partial charge < -0.3 is 0 Å². The summed E-state index contributed by atoms with van der Waals surface area (Å²) in [7, 11) is 1.24. The summed E-state index contributed by atoms with van der Waals surface area (Å²) in [4.78, 5) is 2.60. The Morgan fingerprint density at radius 1 is 1.17 bits per heavy atom. The number of piperidine rings is 1. The molecule has 1 aliphatic heterocycles. The van der Waals surface area contributed by atoms with Crippen molar-refractivity contribution in [2.45, 2.75) is 33.1 Å². The molecule has 1 nitrogen and oxygen atoms in total. The Hall–Kier alpha value is -0.0831. The molecule has 1 aliphatic rings. The molecule has 2 heteroatoms. The van der Waals surface area contributed by atoms with Crippen molar-refractivity contribution in [2.24, 2.45) is 0 Å². The fraction of sp³-hybridized carbons (Fsp3) is 0.800. The van der Waals surface area contributed by atoms with E-state index in [9.17, 15) is 0 Å². The highest BCUT2D eigenvalue weighted by Gasteiger charge is 2.09. The van der Waals surface area contributed by atoms with Crippen molar-refractivity contribution in [1.82, 2.24) is 4.90 Å². The lowest BCUT2D eigenvalue weighted by Gasteiger charge is -2.27. The topological polar surface area (TPSA) is 3.24 Å². The van der Waals surface area contributed by atoms with Crippen molar-refractivity contribution in [2.75, 3.05) is 19.6 Å². The van der Waals surface area contributed by atoms with Crippen LogP contribution in [-0.2, 0) is 0 Å². The number of likely N-dealkylation sites (tertiary alicyclic amines) is 1. The Labute approximate surface area is 79.3 Å². The maximum absolute atomic E-state index is 2.60. The molecule has 1 fully saturated rings. The third kappa shape index (κ3) is 3.11. The summed E-state index contributed by atoms with van der Waals surface area (Å²) < 4.78 is 0. The zero-order valence-electron chi connectivity index (χ0n) is 8.69. The van der Waals surface area contributed by atoms with Gasteiger partial charge in [0, 0.05) is 16.8 Å². The minimum Gasteiger partial charge on any atom is -0.299 e. The summed E-state index contributed by atoms with van der Waals surface area (Å²) >= 11 is 0. The van der Waals surface area contributed by atoms with Gasteiger partial charge in [0.1, 0.15) is 0 Å². The highest BCUT2D eigenvalue weighted by Crippen LogP contribution is 2.11. The lowest BCUT2D eigenvalue weighted by molar-refractivity contribution is 0.246. The van der Waals surface area contributed by atoms with Crippen molar-refractivity contribution in [3.05, 3.63) is 10.8 Å². The number of allylic oxidation sites excluding steroid dienone is 1. The maximum Gasteiger partial charge on any atom is 0.0329 e. The molecule has 0 aromatic heterocycles. The molecular weight excluding hydrogens is 162 g/mol. The van der Waals surface area contributed by atoms with Crippen LogP contribution < -0.4 is 0 Å². The SMILES string of the molecule is CC([SiH3])=C(C)CN1CCCCC1. The molecule has 0 unspecified atom stereocenters. The predicted octanol–water partition coefficient (Wildman–Crippen LogP) is 1.13. The summed E-state index contributed by atoms with van der Waals surface area (Å²) in [6.45, 7) is 8.44. The molecule has 0 N–H and O–H groups in total. The zero-order valence-corrected chi connectivity index (χ0v) is 10.7. The van der Waals surface area contributed by atoms with Gasteiger partial charge in [0.25, 0.3) is 0 Å². The van der Waals surface area contributed by atoms with Crippen LogP contribution in [0.25, 0.3) is 0 Å². The van der Waals surface area contributed by atoms with E-state index in [4.69, 9.17) is 0 Å². The second-order valence-corrected chi connectivity index (χ2v) is 5.62. The van der Waals surface area contributed by atoms with Gasteiger partial charge in [-0.15, -0.1) is 0 Å². The number of nitrogens with zero attached hydrogens (tertiary/aromatic N) is 1. The summed E-state index contributed by atoms with van der Waals surface area (Å²) in [6, 6.07) is 0. The first-order valence-corrected chi connectivity index (χ1v) is 6.05. The van der Waals surface area contributed by atoms with Gasteiger partial charge in [-0.25, -0.2) is 0 Å². The molecule has 0 aromatic carbocycles. The van der Waals surface area contributed by atoms with E-state index < -0.39 is 0 Å². The Balaban J connectivity index is 2.34. The Bertz CT molecular complexity index is 165. The molecule has 0 spiro atoms. The standard InChI is InChI=1S/C10H21NSi/c1-9(10(2)12)8-11-6-4-3-5-7-11/h3-8H2,1-2,12H3. The van der Waals surface area contributed by atoms with E-state index in [0.717, 1.165) is 0 Å². The van der Waals surface area contributed by atoms with Gasteiger partial charge in [0.15, 0.2) is 0 Å². The first kappa shape index (κ1) is 10.0. The Morgan fingerprint density at radius 3 is 2.25 bits per heavy atom. The number of hydrogen-bond acceptors (Lipinski definition) is 1. The molecule has 0 aromatic rings. The first-order chi connectivity index (χ1) is 5.70. The van der Waals surface area contributed by atoms with Gasteiger partial charge in [-0.1, -0.05) is 17.2 Å². The van der Waals surface area contributed by atoms with Crippen LogP contribution in [0.2, 0.25) is 0 Å². The molecular formula is C10H21NSi. The summed E-state index contributed by atoms with van der Waals surface area (Å²) in [6.07, 6.45) is 4.26. The lowest BCUT2D eigenvalue weighted by atomic mass is 10.1. The molecule has 70 valence electrons. The largest absolute Gasteiger partial charge is 0.299 e. The summed E-state index contributed by atoms with van der Waals surface area (Å²) in [5.74, 6) is 0. The van der Waals surface area contributed by atoms with Gasteiger partial charge >= 0.3 is 0 Å². The smallest absolute Gasteiger partial charge is 0.0329 e. The van der Waals surface area contributed by atoms with Crippen molar-refractivity contribution in [1.29, 1.82) is 0 Å². The van der Waals surface area contributed by atoms with Crippen molar-refractivity contribution >= 4 is 10.2 Å². The van der Waals surface area contributed by atoms with Crippen LogP contribution in [0.5, 0.6) is 0 Å². The molecule has 0 amide bonds. The van der Waals surface area contributed by atoms with Crippen LogP contribution in [0, 0.1) is 0 Å². The molecule has 1 heterocycles. The fourth-order valence-corrected chi connectivity index (χ4v) is 1.77. The first-order valence-electron chi connectivity index (χ1n) is 5.05. The van der Waals surface area contributed by atoms with Gasteiger partial charge in [-0.3, -0.25) is 4.90 Å². The van der Waals surface area contributed by atoms with Gasteiger partial charge in [-0.05, 0) is 39.8 Å². The van der Waals surface area contributed by atoms with E-state index in [1.165, 1.54) is 49.1 Å². The summed E-state index contributed by atoms with van der Waals surface area (Å²) in [5.41, 5.74) is 1.61. The minimum atomic E-state index is 1.23. The van der Waals surface area contributed by atoms with Gasteiger partial charge in [-0.2, -0.15) is 0 Å². The Morgan fingerprint density at radius 2 is 1.75 bits per heavy atom. The van der Waals surface area contributed by atoms with E-state index in [1.807, 2.05) is 0 Å². The normalized spacial score (nSPS) is 22.5. The van der Waals surface area contributed by atoms with E-state index in [0.29, 0.717) is 0 Å². The van der Waals surface area contributed by atoms with Crippen molar-refractivity contribution in [3.63, 3.8) is 0 Å². The van der Waals surface area contributed by atoms with E-state index in [2.05, 4.69) is 18.7 Å². The van der Waals surface area contributed by atoms with Crippen LogP contribution >= 0.6 is 0 Å². The maximum atomic E-state index is 2.60. The van der Waals surface area contributed by atoms with Crippen LogP contribution in [0.15, 0.2) is 10.8 Å². The number of hydrogen-bond donors (Lipinski definition) is 0. The third-order valence-corrected chi connectivity index (χ3v) is 3.62. The molecule has 0 aliphatic carbocycles. The minimum absolute atomic E-state index is 1.23. The molecule has 1 rings (SSSR count). The fourth-order valence-electron chi connectivity index (χ4n) is 1.61. The van der Waals surface area contributed by atoms with Crippen molar-refractivity contribution in [3.8, 4) is 0 Å². The van der Waals surface area contributed by atoms with Crippen LogP contribution in [0.3, 0.4) is 0 Å². The van der Waals surface area contributed by atoms with Crippen molar-refractivity contribution < 1.29 is 0 Å². The second kappa shape index (κ2) is 4.82. The van der Waals surface area contributed by atoms with E-state index >= 15 is 0 Å². The van der Waals surface area contributed by atoms with Gasteiger partial charge in [0.2, 0.25) is 0 Å².